The first kappa shape index (κ1) is 14.5. The molecule has 0 spiro atoms. The molecule has 19 heavy (non-hydrogen) atoms. The summed E-state index contributed by atoms with van der Waals surface area (Å²) in [5.41, 5.74) is 1.06. The fourth-order valence-electron chi connectivity index (χ4n) is 2.35. The van der Waals surface area contributed by atoms with Crippen LogP contribution in [0.3, 0.4) is 0 Å². The van der Waals surface area contributed by atoms with Crippen molar-refractivity contribution in [2.24, 2.45) is 0 Å². The molecule has 0 aromatic carbocycles. The number of likely N-dealkylation sites (tertiary alicyclic amines) is 1. The lowest BCUT2D eigenvalue weighted by molar-refractivity contribution is 0.253. The largest absolute Gasteiger partial charge is 0.384 e. The highest BCUT2D eigenvalue weighted by molar-refractivity contribution is 7.10. The highest BCUT2D eigenvalue weighted by atomic mass is 32.1. The molecule has 2 heterocycles. The molecule has 0 saturated carbocycles. The quantitative estimate of drug-likeness (QED) is 0.829. The van der Waals surface area contributed by atoms with Gasteiger partial charge in [-0.15, -0.1) is 11.3 Å². The lowest BCUT2D eigenvalue weighted by Gasteiger charge is -2.20. The van der Waals surface area contributed by atoms with Gasteiger partial charge < -0.3 is 10.0 Å². The molecule has 4 heteroatoms. The van der Waals surface area contributed by atoms with Crippen LogP contribution in [0.15, 0.2) is 11.4 Å². The number of nitrogens with zero attached hydrogens (tertiary/aromatic N) is 2. The SMILES string of the molecule is CN(CCN1CCCC1)Cc1sccc1C#CCO. The second-order valence-corrected chi connectivity index (χ2v) is 6.00. The minimum atomic E-state index is -0.0694. The van der Waals surface area contributed by atoms with Crippen LogP contribution in [0, 0.1) is 11.8 Å². The molecule has 0 aliphatic carbocycles. The molecule has 0 radical (unpaired) electrons. The Bertz CT molecular complexity index is 440. The highest BCUT2D eigenvalue weighted by Crippen LogP contribution is 2.17. The van der Waals surface area contributed by atoms with E-state index < -0.39 is 0 Å². The maximum Gasteiger partial charge on any atom is 0.104 e. The number of aliphatic hydroxyl groups is 1. The molecule has 0 amide bonds. The van der Waals surface area contributed by atoms with Crippen LogP contribution in [0.25, 0.3) is 0 Å². The molecule has 1 N–H and O–H groups in total. The van der Waals surface area contributed by atoms with Gasteiger partial charge in [0.15, 0.2) is 0 Å². The topological polar surface area (TPSA) is 26.7 Å². The Kier molecular flexibility index (Phi) is 5.87. The van der Waals surface area contributed by atoms with E-state index in [4.69, 9.17) is 5.11 Å². The van der Waals surface area contributed by atoms with E-state index in [9.17, 15) is 0 Å². The maximum atomic E-state index is 8.76. The van der Waals surface area contributed by atoms with Crippen molar-refractivity contribution >= 4 is 11.3 Å². The van der Waals surface area contributed by atoms with Gasteiger partial charge in [0.1, 0.15) is 6.61 Å². The van der Waals surface area contributed by atoms with Crippen molar-refractivity contribution < 1.29 is 5.11 Å². The van der Waals surface area contributed by atoms with E-state index >= 15 is 0 Å². The summed E-state index contributed by atoms with van der Waals surface area (Å²) in [7, 11) is 2.17. The summed E-state index contributed by atoms with van der Waals surface area (Å²) in [5.74, 6) is 5.75. The molecule has 1 aromatic heterocycles. The molecule has 3 nitrogen and oxygen atoms in total. The smallest absolute Gasteiger partial charge is 0.104 e. The fourth-order valence-corrected chi connectivity index (χ4v) is 3.26. The van der Waals surface area contributed by atoms with Crippen LogP contribution in [0.5, 0.6) is 0 Å². The molecule has 0 atom stereocenters. The third-order valence-corrected chi connectivity index (χ3v) is 4.36. The van der Waals surface area contributed by atoms with Crippen molar-refractivity contribution in [2.45, 2.75) is 19.4 Å². The monoisotopic (exact) mass is 278 g/mol. The zero-order valence-electron chi connectivity index (χ0n) is 11.6. The molecule has 1 saturated heterocycles. The van der Waals surface area contributed by atoms with E-state index in [2.05, 4.69) is 34.1 Å². The van der Waals surface area contributed by atoms with E-state index in [0.717, 1.165) is 18.7 Å². The van der Waals surface area contributed by atoms with Gasteiger partial charge in [-0.05, 0) is 44.4 Å². The van der Waals surface area contributed by atoms with Crippen LogP contribution >= 0.6 is 11.3 Å². The molecule has 0 unspecified atom stereocenters. The predicted molar refractivity (Wildman–Crippen MR) is 80.3 cm³/mol. The van der Waals surface area contributed by atoms with E-state index in [1.807, 2.05) is 6.07 Å². The second kappa shape index (κ2) is 7.66. The van der Waals surface area contributed by atoms with Gasteiger partial charge in [0.05, 0.1) is 0 Å². The molecule has 1 aromatic rings. The molecule has 1 aliphatic rings. The molecule has 2 rings (SSSR count). The van der Waals surface area contributed by atoms with Gasteiger partial charge in [0.2, 0.25) is 0 Å². The molecular formula is C15H22N2OS. The van der Waals surface area contributed by atoms with Crippen LogP contribution in [0.1, 0.15) is 23.3 Å². The van der Waals surface area contributed by atoms with Crippen LogP contribution in [0.4, 0.5) is 0 Å². The van der Waals surface area contributed by atoms with Gasteiger partial charge in [-0.3, -0.25) is 4.90 Å². The number of aliphatic hydroxyl groups excluding tert-OH is 1. The van der Waals surface area contributed by atoms with Gasteiger partial charge >= 0.3 is 0 Å². The standard InChI is InChI=1S/C15H22N2OS/c1-16(9-10-17-7-2-3-8-17)13-15-14(5-4-11-18)6-12-19-15/h6,12,18H,2-3,7-11,13H2,1H3. The maximum absolute atomic E-state index is 8.76. The summed E-state index contributed by atoms with van der Waals surface area (Å²) >= 11 is 1.75. The number of hydrogen-bond acceptors (Lipinski definition) is 4. The number of hydrogen-bond donors (Lipinski definition) is 1. The van der Waals surface area contributed by atoms with Crippen LogP contribution in [-0.2, 0) is 6.54 Å². The lowest BCUT2D eigenvalue weighted by Crippen LogP contribution is -2.31. The summed E-state index contributed by atoms with van der Waals surface area (Å²) in [4.78, 5) is 6.19. The average Bonchev–Trinajstić information content (AvgIpc) is 3.05. The molecule has 1 fully saturated rings. The van der Waals surface area contributed by atoms with Crippen molar-refractivity contribution in [1.29, 1.82) is 0 Å². The Hall–Kier alpha value is -0.860. The summed E-state index contributed by atoms with van der Waals surface area (Å²) in [5, 5.41) is 10.8. The fraction of sp³-hybridized carbons (Fsp3) is 0.600. The number of likely N-dealkylation sites (N-methyl/N-ethyl adjacent to an activating group) is 1. The van der Waals surface area contributed by atoms with Crippen molar-refractivity contribution in [3.8, 4) is 11.8 Å². The third kappa shape index (κ3) is 4.63. The average molecular weight is 278 g/mol. The Morgan fingerprint density at radius 3 is 2.95 bits per heavy atom. The molecule has 104 valence electrons. The zero-order valence-corrected chi connectivity index (χ0v) is 12.4. The van der Waals surface area contributed by atoms with E-state index in [1.165, 1.54) is 37.4 Å². The molecular weight excluding hydrogens is 256 g/mol. The molecule has 0 bridgehead atoms. The summed E-state index contributed by atoms with van der Waals surface area (Å²) in [6, 6.07) is 2.04. The Balaban J connectivity index is 1.81. The highest BCUT2D eigenvalue weighted by Gasteiger charge is 2.12. The first-order chi connectivity index (χ1) is 9.29. The first-order valence-electron chi connectivity index (χ1n) is 6.86. The van der Waals surface area contributed by atoms with E-state index in [1.54, 1.807) is 11.3 Å². The molecule has 1 aliphatic heterocycles. The minimum Gasteiger partial charge on any atom is -0.384 e. The summed E-state index contributed by atoms with van der Waals surface area (Å²) < 4.78 is 0. The third-order valence-electron chi connectivity index (χ3n) is 3.46. The Labute approximate surface area is 119 Å². The summed E-state index contributed by atoms with van der Waals surface area (Å²) in [6.45, 7) is 5.67. The van der Waals surface area contributed by atoms with Gasteiger partial charge in [0, 0.05) is 30.1 Å². The Morgan fingerprint density at radius 1 is 1.42 bits per heavy atom. The lowest BCUT2D eigenvalue weighted by atomic mass is 10.2. The zero-order chi connectivity index (χ0) is 13.5. The first-order valence-corrected chi connectivity index (χ1v) is 7.74. The summed E-state index contributed by atoms with van der Waals surface area (Å²) in [6.07, 6.45) is 2.71. The normalized spacial score (nSPS) is 15.7. The second-order valence-electron chi connectivity index (χ2n) is 5.00. The van der Waals surface area contributed by atoms with Crippen LogP contribution in [-0.4, -0.2) is 54.7 Å². The predicted octanol–water partition coefficient (Wildman–Crippen LogP) is 1.62. The minimum absolute atomic E-state index is 0.0694. The van der Waals surface area contributed by atoms with Crippen LogP contribution < -0.4 is 0 Å². The van der Waals surface area contributed by atoms with Crippen molar-refractivity contribution in [2.75, 3.05) is 39.8 Å². The van der Waals surface area contributed by atoms with Gasteiger partial charge in [-0.25, -0.2) is 0 Å². The van der Waals surface area contributed by atoms with E-state index in [-0.39, 0.29) is 6.61 Å². The van der Waals surface area contributed by atoms with Crippen LogP contribution in [0.2, 0.25) is 0 Å². The van der Waals surface area contributed by atoms with Gasteiger partial charge in [0.25, 0.3) is 0 Å². The van der Waals surface area contributed by atoms with Crippen molar-refractivity contribution in [1.82, 2.24) is 9.80 Å². The number of rotatable bonds is 5. The number of thiophene rings is 1. The van der Waals surface area contributed by atoms with Gasteiger partial charge in [-0.2, -0.15) is 0 Å². The Morgan fingerprint density at radius 2 is 2.21 bits per heavy atom. The van der Waals surface area contributed by atoms with Crippen molar-refractivity contribution in [3.05, 3.63) is 21.9 Å². The van der Waals surface area contributed by atoms with Crippen molar-refractivity contribution in [3.63, 3.8) is 0 Å². The van der Waals surface area contributed by atoms with E-state index in [0.29, 0.717) is 0 Å². The van der Waals surface area contributed by atoms with Gasteiger partial charge in [-0.1, -0.05) is 11.8 Å².